The van der Waals surface area contributed by atoms with E-state index in [2.05, 4.69) is 6.07 Å². The molecule has 0 amide bonds. The molecule has 0 heterocycles. The third-order valence-corrected chi connectivity index (χ3v) is 3.06. The number of rotatable bonds is 5. The molecular weight excluding hydrogens is 217 g/mol. The Hall–Kier alpha value is -0.760. The van der Waals surface area contributed by atoms with E-state index in [1.54, 1.807) is 13.8 Å². The van der Waals surface area contributed by atoms with E-state index in [0.29, 0.717) is 13.0 Å². The molecule has 5 heteroatoms. The van der Waals surface area contributed by atoms with E-state index in [4.69, 9.17) is 5.26 Å². The summed E-state index contributed by atoms with van der Waals surface area (Å²) in [5, 5.41) is 8.64. The van der Waals surface area contributed by atoms with Gasteiger partial charge in [0.25, 0.3) is 0 Å². The summed E-state index contributed by atoms with van der Waals surface area (Å²) in [5.74, 6) is 0. The fourth-order valence-corrected chi connectivity index (χ4v) is 1.82. The molecule has 0 spiro atoms. The molecule has 1 saturated carbocycles. The summed E-state index contributed by atoms with van der Waals surface area (Å²) in [7, 11) is 0. The third-order valence-electron chi connectivity index (χ3n) is 3.06. The molecule has 0 aromatic carbocycles. The van der Waals surface area contributed by atoms with Crippen LogP contribution in [0.2, 0.25) is 0 Å². The molecule has 0 saturated heterocycles. The standard InChI is InChI=1S/C11H17F3N2/c1-9(2)16(8-11(12,13)14)7-10(3-4-10)5-6-15/h9H,3-5,7-8H2,1-2H3. The predicted octanol–water partition coefficient (Wildman–Crippen LogP) is 2.95. The maximum absolute atomic E-state index is 12.3. The minimum absolute atomic E-state index is 0.141. The van der Waals surface area contributed by atoms with Crippen molar-refractivity contribution in [3.8, 4) is 6.07 Å². The van der Waals surface area contributed by atoms with Crippen molar-refractivity contribution < 1.29 is 13.2 Å². The van der Waals surface area contributed by atoms with Crippen molar-refractivity contribution in [1.82, 2.24) is 4.90 Å². The summed E-state index contributed by atoms with van der Waals surface area (Å²) in [5.41, 5.74) is -0.162. The van der Waals surface area contributed by atoms with Gasteiger partial charge in [-0.2, -0.15) is 18.4 Å². The Labute approximate surface area is 94.0 Å². The molecule has 2 nitrogen and oxygen atoms in total. The minimum Gasteiger partial charge on any atom is -0.292 e. The van der Waals surface area contributed by atoms with Crippen molar-refractivity contribution in [2.75, 3.05) is 13.1 Å². The van der Waals surface area contributed by atoms with Crippen LogP contribution in [0, 0.1) is 16.7 Å². The number of alkyl halides is 3. The average molecular weight is 234 g/mol. The molecule has 0 radical (unpaired) electrons. The molecule has 1 rings (SSSR count). The van der Waals surface area contributed by atoms with E-state index in [1.165, 1.54) is 4.90 Å². The largest absolute Gasteiger partial charge is 0.401 e. The van der Waals surface area contributed by atoms with Crippen LogP contribution in [0.15, 0.2) is 0 Å². The van der Waals surface area contributed by atoms with Gasteiger partial charge in [0.05, 0.1) is 12.6 Å². The summed E-state index contributed by atoms with van der Waals surface area (Å²) in [6.07, 6.45) is -2.04. The first-order valence-electron chi connectivity index (χ1n) is 5.46. The van der Waals surface area contributed by atoms with Gasteiger partial charge >= 0.3 is 6.18 Å². The monoisotopic (exact) mass is 234 g/mol. The van der Waals surface area contributed by atoms with Crippen LogP contribution in [0.25, 0.3) is 0 Å². The molecule has 1 fully saturated rings. The molecule has 92 valence electrons. The molecule has 16 heavy (non-hydrogen) atoms. The van der Waals surface area contributed by atoms with Gasteiger partial charge in [0.15, 0.2) is 0 Å². The van der Waals surface area contributed by atoms with Crippen molar-refractivity contribution >= 4 is 0 Å². The summed E-state index contributed by atoms with van der Waals surface area (Å²) in [4.78, 5) is 1.42. The van der Waals surface area contributed by atoms with Gasteiger partial charge in [0.1, 0.15) is 0 Å². The molecule has 0 aromatic rings. The van der Waals surface area contributed by atoms with E-state index in [0.717, 1.165) is 12.8 Å². The summed E-state index contributed by atoms with van der Waals surface area (Å²) < 4.78 is 37.0. The van der Waals surface area contributed by atoms with Crippen LogP contribution >= 0.6 is 0 Å². The number of nitrogens with zero attached hydrogens (tertiary/aromatic N) is 2. The van der Waals surface area contributed by atoms with Gasteiger partial charge in [0, 0.05) is 19.0 Å². The van der Waals surface area contributed by atoms with Gasteiger partial charge in [-0.05, 0) is 32.1 Å². The first-order chi connectivity index (χ1) is 7.28. The van der Waals surface area contributed by atoms with Gasteiger partial charge in [-0.25, -0.2) is 0 Å². The van der Waals surface area contributed by atoms with Crippen molar-refractivity contribution in [2.45, 2.75) is 45.3 Å². The number of halogens is 3. The van der Waals surface area contributed by atoms with E-state index in [9.17, 15) is 13.2 Å². The minimum atomic E-state index is -4.16. The van der Waals surface area contributed by atoms with Crippen LogP contribution in [0.5, 0.6) is 0 Å². The Bertz CT molecular complexity index is 274. The van der Waals surface area contributed by atoms with Crippen LogP contribution in [0.3, 0.4) is 0 Å². The van der Waals surface area contributed by atoms with Crippen LogP contribution in [-0.4, -0.2) is 30.2 Å². The summed E-state index contributed by atoms with van der Waals surface area (Å²) in [6.45, 7) is 3.03. The fourth-order valence-electron chi connectivity index (χ4n) is 1.82. The normalized spacial score (nSPS) is 18.9. The lowest BCUT2D eigenvalue weighted by Gasteiger charge is -2.30. The Balaban J connectivity index is 2.56. The Kier molecular flexibility index (Phi) is 3.84. The second-order valence-electron chi connectivity index (χ2n) is 4.95. The molecule has 0 atom stereocenters. The van der Waals surface area contributed by atoms with Gasteiger partial charge < -0.3 is 0 Å². The zero-order chi connectivity index (χ0) is 12.4. The van der Waals surface area contributed by atoms with Gasteiger partial charge in [-0.15, -0.1) is 0 Å². The molecule has 0 aromatic heterocycles. The maximum Gasteiger partial charge on any atom is 0.401 e. The van der Waals surface area contributed by atoms with Crippen LogP contribution in [0.4, 0.5) is 13.2 Å². The van der Waals surface area contributed by atoms with Crippen molar-refractivity contribution in [2.24, 2.45) is 5.41 Å². The second-order valence-corrected chi connectivity index (χ2v) is 4.95. The maximum atomic E-state index is 12.3. The van der Waals surface area contributed by atoms with E-state index in [-0.39, 0.29) is 11.5 Å². The van der Waals surface area contributed by atoms with Crippen molar-refractivity contribution in [3.63, 3.8) is 0 Å². The lowest BCUT2D eigenvalue weighted by molar-refractivity contribution is -0.151. The van der Waals surface area contributed by atoms with Crippen LogP contribution < -0.4 is 0 Å². The number of nitriles is 1. The quantitative estimate of drug-likeness (QED) is 0.731. The second kappa shape index (κ2) is 4.62. The average Bonchev–Trinajstić information content (AvgIpc) is 2.82. The van der Waals surface area contributed by atoms with E-state index >= 15 is 0 Å². The summed E-state index contributed by atoms with van der Waals surface area (Å²) in [6, 6.07) is 1.93. The third kappa shape index (κ3) is 4.01. The molecule has 0 unspecified atom stereocenters. The SMILES string of the molecule is CC(C)N(CC(F)(F)F)CC1(CC#N)CC1. The molecule has 1 aliphatic rings. The fraction of sp³-hybridized carbons (Fsp3) is 0.909. The van der Waals surface area contributed by atoms with Crippen LogP contribution in [0.1, 0.15) is 33.1 Å². The first kappa shape index (κ1) is 13.3. The van der Waals surface area contributed by atoms with Crippen LogP contribution in [-0.2, 0) is 0 Å². The Morgan fingerprint density at radius 2 is 1.94 bits per heavy atom. The Morgan fingerprint density at radius 3 is 2.25 bits per heavy atom. The van der Waals surface area contributed by atoms with Crippen molar-refractivity contribution in [1.29, 1.82) is 5.26 Å². The lowest BCUT2D eigenvalue weighted by atomic mass is 10.0. The molecule has 0 aliphatic heterocycles. The highest BCUT2D eigenvalue weighted by Gasteiger charge is 2.45. The van der Waals surface area contributed by atoms with Crippen molar-refractivity contribution in [3.05, 3.63) is 0 Å². The summed E-state index contributed by atoms with van der Waals surface area (Å²) >= 11 is 0. The molecule has 0 N–H and O–H groups in total. The predicted molar refractivity (Wildman–Crippen MR) is 54.7 cm³/mol. The zero-order valence-corrected chi connectivity index (χ0v) is 9.64. The first-order valence-corrected chi connectivity index (χ1v) is 5.46. The smallest absolute Gasteiger partial charge is 0.292 e. The van der Waals surface area contributed by atoms with E-state index < -0.39 is 12.7 Å². The highest BCUT2D eigenvalue weighted by atomic mass is 19.4. The zero-order valence-electron chi connectivity index (χ0n) is 9.64. The highest BCUT2D eigenvalue weighted by Crippen LogP contribution is 2.49. The number of hydrogen-bond donors (Lipinski definition) is 0. The topological polar surface area (TPSA) is 27.0 Å². The van der Waals surface area contributed by atoms with Gasteiger partial charge in [-0.1, -0.05) is 0 Å². The Morgan fingerprint density at radius 1 is 1.38 bits per heavy atom. The molecule has 1 aliphatic carbocycles. The molecular formula is C11H17F3N2. The van der Waals surface area contributed by atoms with Gasteiger partial charge in [0.2, 0.25) is 0 Å². The molecule has 0 bridgehead atoms. The van der Waals surface area contributed by atoms with Gasteiger partial charge in [-0.3, -0.25) is 4.90 Å². The number of hydrogen-bond acceptors (Lipinski definition) is 2. The lowest BCUT2D eigenvalue weighted by Crippen LogP contribution is -2.42. The highest BCUT2D eigenvalue weighted by molar-refractivity contribution is 5.01. The van der Waals surface area contributed by atoms with E-state index in [1.807, 2.05) is 0 Å².